The molecule has 68 valence electrons. The number of rotatable bonds is 3. The number of benzene rings is 1. The lowest BCUT2D eigenvalue weighted by Gasteiger charge is -2.02. The van der Waals surface area contributed by atoms with Gasteiger partial charge < -0.3 is 11.1 Å². The van der Waals surface area contributed by atoms with Crippen molar-refractivity contribution in [2.24, 2.45) is 5.73 Å². The van der Waals surface area contributed by atoms with E-state index in [2.05, 4.69) is 17.5 Å². The number of nitrogens with two attached hydrogens (primary N) is 1. The molecule has 0 unspecified atom stereocenters. The van der Waals surface area contributed by atoms with E-state index in [1.54, 1.807) is 0 Å². The standard InChI is InChI=1S/C8H7FN2OS/c9-6-3-5(8(10)13)1-2-7(6)11-4-12/h1-4H,(H2,10,13)(H,11,12). The fraction of sp³-hybridized carbons (Fsp3) is 0. The first-order valence-corrected chi connectivity index (χ1v) is 3.85. The minimum Gasteiger partial charge on any atom is -0.389 e. The fourth-order valence-corrected chi connectivity index (χ4v) is 0.976. The molecule has 0 saturated heterocycles. The van der Waals surface area contributed by atoms with Crippen molar-refractivity contribution in [1.29, 1.82) is 0 Å². The summed E-state index contributed by atoms with van der Waals surface area (Å²) >= 11 is 4.65. The van der Waals surface area contributed by atoms with Crippen LogP contribution in [0.15, 0.2) is 18.2 Å². The SMILES string of the molecule is NC(=S)c1ccc(NC=O)c(F)c1. The van der Waals surface area contributed by atoms with Gasteiger partial charge in [0.05, 0.1) is 5.69 Å². The highest BCUT2D eigenvalue weighted by atomic mass is 32.1. The minimum atomic E-state index is -0.558. The molecule has 0 aromatic heterocycles. The summed E-state index contributed by atoms with van der Waals surface area (Å²) in [7, 11) is 0. The van der Waals surface area contributed by atoms with E-state index in [0.29, 0.717) is 12.0 Å². The Hall–Kier alpha value is -1.49. The molecule has 0 spiro atoms. The summed E-state index contributed by atoms with van der Waals surface area (Å²) in [4.78, 5) is 10.1. The molecule has 3 N–H and O–H groups in total. The summed E-state index contributed by atoms with van der Waals surface area (Å²) in [6.45, 7) is 0. The van der Waals surface area contributed by atoms with Gasteiger partial charge in [0, 0.05) is 5.56 Å². The van der Waals surface area contributed by atoms with Gasteiger partial charge in [0.25, 0.3) is 0 Å². The highest BCUT2D eigenvalue weighted by Crippen LogP contribution is 2.14. The van der Waals surface area contributed by atoms with Gasteiger partial charge in [-0.25, -0.2) is 4.39 Å². The van der Waals surface area contributed by atoms with Gasteiger partial charge >= 0.3 is 0 Å². The first kappa shape index (κ1) is 9.60. The number of anilines is 1. The second-order valence-electron chi connectivity index (χ2n) is 2.32. The number of hydrogen-bond donors (Lipinski definition) is 2. The van der Waals surface area contributed by atoms with E-state index < -0.39 is 5.82 Å². The van der Waals surface area contributed by atoms with E-state index in [1.165, 1.54) is 18.2 Å². The van der Waals surface area contributed by atoms with Crippen LogP contribution in [0.4, 0.5) is 10.1 Å². The van der Waals surface area contributed by atoms with Crippen LogP contribution in [0.2, 0.25) is 0 Å². The summed E-state index contributed by atoms with van der Waals surface area (Å²) in [5.74, 6) is -0.558. The molecular weight excluding hydrogens is 191 g/mol. The summed E-state index contributed by atoms with van der Waals surface area (Å²) in [6.07, 6.45) is 0.402. The number of hydrogen-bond acceptors (Lipinski definition) is 2. The van der Waals surface area contributed by atoms with Crippen LogP contribution < -0.4 is 11.1 Å². The Morgan fingerprint density at radius 1 is 1.62 bits per heavy atom. The van der Waals surface area contributed by atoms with Crippen molar-refractivity contribution >= 4 is 29.3 Å². The van der Waals surface area contributed by atoms with E-state index in [0.717, 1.165) is 0 Å². The van der Waals surface area contributed by atoms with E-state index in [9.17, 15) is 9.18 Å². The molecule has 0 aliphatic rings. The van der Waals surface area contributed by atoms with E-state index in [1.807, 2.05) is 0 Å². The first-order chi connectivity index (χ1) is 6.15. The van der Waals surface area contributed by atoms with E-state index >= 15 is 0 Å². The van der Waals surface area contributed by atoms with Crippen molar-refractivity contribution in [3.8, 4) is 0 Å². The van der Waals surface area contributed by atoms with Crippen LogP contribution in [0.3, 0.4) is 0 Å². The highest BCUT2D eigenvalue weighted by molar-refractivity contribution is 7.80. The Bertz CT molecular complexity index is 354. The quantitative estimate of drug-likeness (QED) is 0.563. The summed E-state index contributed by atoms with van der Waals surface area (Å²) in [6, 6.07) is 4.11. The van der Waals surface area contributed by atoms with E-state index in [4.69, 9.17) is 5.73 Å². The molecule has 0 radical (unpaired) electrons. The second-order valence-corrected chi connectivity index (χ2v) is 2.76. The van der Waals surface area contributed by atoms with Gasteiger partial charge in [0.15, 0.2) is 0 Å². The Morgan fingerprint density at radius 3 is 2.77 bits per heavy atom. The molecule has 0 saturated carbocycles. The molecular formula is C8H7FN2OS. The van der Waals surface area contributed by atoms with Gasteiger partial charge in [-0.05, 0) is 18.2 Å². The number of amides is 1. The molecule has 0 atom stereocenters. The molecule has 0 aliphatic carbocycles. The molecule has 1 rings (SSSR count). The van der Waals surface area contributed by atoms with Crippen LogP contribution in [0.5, 0.6) is 0 Å². The van der Waals surface area contributed by atoms with Gasteiger partial charge in [-0.1, -0.05) is 12.2 Å². The zero-order valence-electron chi connectivity index (χ0n) is 6.58. The monoisotopic (exact) mass is 198 g/mol. The van der Waals surface area contributed by atoms with Crippen molar-refractivity contribution in [2.45, 2.75) is 0 Å². The first-order valence-electron chi connectivity index (χ1n) is 3.44. The molecule has 0 aliphatic heterocycles. The van der Waals surface area contributed by atoms with Crippen LogP contribution in [0, 0.1) is 5.82 Å². The normalized spacial score (nSPS) is 9.31. The average molecular weight is 198 g/mol. The lowest BCUT2D eigenvalue weighted by atomic mass is 10.2. The van der Waals surface area contributed by atoms with Gasteiger partial charge in [-0.2, -0.15) is 0 Å². The van der Waals surface area contributed by atoms with E-state index in [-0.39, 0.29) is 10.7 Å². The maximum absolute atomic E-state index is 13.1. The zero-order valence-corrected chi connectivity index (χ0v) is 7.40. The van der Waals surface area contributed by atoms with Gasteiger partial charge in [0.2, 0.25) is 6.41 Å². The van der Waals surface area contributed by atoms with Gasteiger partial charge in [-0.3, -0.25) is 4.79 Å². The summed E-state index contributed by atoms with van der Waals surface area (Å²) in [5.41, 5.74) is 5.82. The Balaban J connectivity index is 3.04. The maximum atomic E-state index is 13.1. The fourth-order valence-electron chi connectivity index (χ4n) is 0.849. The lowest BCUT2D eigenvalue weighted by Crippen LogP contribution is -2.10. The summed E-state index contributed by atoms with van der Waals surface area (Å²) < 4.78 is 13.1. The van der Waals surface area contributed by atoms with Crippen LogP contribution in [0.1, 0.15) is 5.56 Å². The molecule has 5 heteroatoms. The molecule has 1 aromatic rings. The Labute approximate surface area is 79.7 Å². The van der Waals surface area contributed by atoms with Crippen molar-refractivity contribution in [2.75, 3.05) is 5.32 Å². The van der Waals surface area contributed by atoms with Crippen LogP contribution in [0.25, 0.3) is 0 Å². The molecule has 13 heavy (non-hydrogen) atoms. The van der Waals surface area contributed by atoms with Gasteiger partial charge in [-0.15, -0.1) is 0 Å². The van der Waals surface area contributed by atoms with Crippen LogP contribution in [-0.4, -0.2) is 11.4 Å². The smallest absolute Gasteiger partial charge is 0.211 e. The Kier molecular flexibility index (Phi) is 2.92. The predicted octanol–water partition coefficient (Wildman–Crippen LogP) is 1.03. The van der Waals surface area contributed by atoms with Crippen molar-refractivity contribution < 1.29 is 9.18 Å². The molecule has 0 bridgehead atoms. The predicted molar refractivity (Wildman–Crippen MR) is 52.0 cm³/mol. The minimum absolute atomic E-state index is 0.106. The number of thiocarbonyl (C=S) groups is 1. The third-order valence-corrected chi connectivity index (χ3v) is 1.70. The Morgan fingerprint density at radius 2 is 2.31 bits per heavy atom. The second kappa shape index (κ2) is 3.95. The van der Waals surface area contributed by atoms with Crippen LogP contribution >= 0.6 is 12.2 Å². The lowest BCUT2D eigenvalue weighted by molar-refractivity contribution is -0.105. The number of carbonyl (C=O) groups is 1. The highest BCUT2D eigenvalue weighted by Gasteiger charge is 2.03. The molecule has 3 nitrogen and oxygen atoms in total. The van der Waals surface area contributed by atoms with Crippen molar-refractivity contribution in [1.82, 2.24) is 0 Å². The number of carbonyl (C=O) groups excluding carboxylic acids is 1. The molecule has 1 amide bonds. The largest absolute Gasteiger partial charge is 0.389 e. The zero-order chi connectivity index (χ0) is 9.84. The van der Waals surface area contributed by atoms with Crippen LogP contribution in [-0.2, 0) is 4.79 Å². The van der Waals surface area contributed by atoms with Crippen molar-refractivity contribution in [3.05, 3.63) is 29.6 Å². The third-order valence-electron chi connectivity index (χ3n) is 1.47. The van der Waals surface area contributed by atoms with Crippen molar-refractivity contribution in [3.63, 3.8) is 0 Å². The molecule has 0 fully saturated rings. The number of halogens is 1. The van der Waals surface area contributed by atoms with Gasteiger partial charge in [0.1, 0.15) is 10.8 Å². The average Bonchev–Trinajstić information content (AvgIpc) is 2.08. The number of nitrogens with one attached hydrogen (secondary N) is 1. The molecule has 0 heterocycles. The molecule has 1 aromatic carbocycles. The topological polar surface area (TPSA) is 55.1 Å². The summed E-state index contributed by atoms with van der Waals surface area (Å²) in [5, 5.41) is 2.20. The maximum Gasteiger partial charge on any atom is 0.211 e. The third kappa shape index (κ3) is 2.22.